The molecule has 1 N–H and O–H groups in total. The van der Waals surface area contributed by atoms with Crippen molar-refractivity contribution in [3.05, 3.63) is 64.4 Å². The van der Waals surface area contributed by atoms with Crippen molar-refractivity contribution in [3.63, 3.8) is 0 Å². The van der Waals surface area contributed by atoms with Crippen LogP contribution in [0.3, 0.4) is 0 Å². The van der Waals surface area contributed by atoms with Gasteiger partial charge in [0.1, 0.15) is 5.82 Å². The first-order chi connectivity index (χ1) is 9.08. The van der Waals surface area contributed by atoms with Crippen LogP contribution in [0.2, 0.25) is 5.02 Å². The molecule has 0 heterocycles. The molecule has 2 aromatic rings. The molecule has 0 saturated heterocycles. The van der Waals surface area contributed by atoms with Crippen LogP contribution in [0.5, 0.6) is 0 Å². The Morgan fingerprint density at radius 1 is 1.26 bits per heavy atom. The molecular formula is C15H14ClFOS. The van der Waals surface area contributed by atoms with Crippen LogP contribution in [-0.4, -0.2) is 5.11 Å². The number of halogens is 2. The van der Waals surface area contributed by atoms with E-state index in [-0.39, 0.29) is 5.82 Å². The Balaban J connectivity index is 2.18. The van der Waals surface area contributed by atoms with Gasteiger partial charge < -0.3 is 5.11 Å². The molecule has 0 aliphatic rings. The van der Waals surface area contributed by atoms with Gasteiger partial charge in [-0.25, -0.2) is 4.39 Å². The van der Waals surface area contributed by atoms with Crippen LogP contribution >= 0.6 is 23.4 Å². The molecule has 1 nitrogen and oxygen atoms in total. The highest BCUT2D eigenvalue weighted by atomic mass is 35.5. The lowest BCUT2D eigenvalue weighted by Crippen LogP contribution is -1.95. The van der Waals surface area contributed by atoms with Crippen LogP contribution < -0.4 is 0 Å². The summed E-state index contributed by atoms with van der Waals surface area (Å²) in [5.74, 6) is 0.350. The second-order valence-electron chi connectivity index (χ2n) is 4.24. The van der Waals surface area contributed by atoms with Gasteiger partial charge in [-0.15, -0.1) is 11.8 Å². The first kappa shape index (κ1) is 14.4. The molecule has 2 rings (SSSR count). The number of aliphatic hydroxyl groups is 1. The molecule has 0 radical (unpaired) electrons. The highest BCUT2D eigenvalue weighted by Gasteiger charge is 2.10. The van der Waals surface area contributed by atoms with Gasteiger partial charge in [-0.1, -0.05) is 29.8 Å². The third-order valence-electron chi connectivity index (χ3n) is 2.76. The molecule has 2 aromatic carbocycles. The molecule has 1 atom stereocenters. The summed E-state index contributed by atoms with van der Waals surface area (Å²) in [5, 5.41) is 10.4. The smallest absolute Gasteiger partial charge is 0.123 e. The summed E-state index contributed by atoms with van der Waals surface area (Å²) in [5.41, 5.74) is 1.63. The Morgan fingerprint density at radius 3 is 2.68 bits per heavy atom. The van der Waals surface area contributed by atoms with Crippen molar-refractivity contribution >= 4 is 23.4 Å². The summed E-state index contributed by atoms with van der Waals surface area (Å²) in [7, 11) is 0. The van der Waals surface area contributed by atoms with Crippen LogP contribution in [-0.2, 0) is 5.75 Å². The maximum absolute atomic E-state index is 13.2. The summed E-state index contributed by atoms with van der Waals surface area (Å²) in [4.78, 5) is 0.872. The van der Waals surface area contributed by atoms with Crippen LogP contribution in [0.15, 0.2) is 47.4 Å². The maximum atomic E-state index is 13.2. The molecule has 19 heavy (non-hydrogen) atoms. The highest BCUT2D eigenvalue weighted by Crippen LogP contribution is 2.32. The zero-order valence-corrected chi connectivity index (χ0v) is 12.0. The molecule has 4 heteroatoms. The Morgan fingerprint density at radius 2 is 2.00 bits per heavy atom. The number of aliphatic hydroxyl groups excluding tert-OH is 1. The van der Waals surface area contributed by atoms with Crippen molar-refractivity contribution < 1.29 is 9.50 Å². The first-order valence-electron chi connectivity index (χ1n) is 5.91. The van der Waals surface area contributed by atoms with E-state index >= 15 is 0 Å². The van der Waals surface area contributed by atoms with E-state index in [0.29, 0.717) is 11.3 Å². The second-order valence-corrected chi connectivity index (χ2v) is 5.66. The van der Waals surface area contributed by atoms with Crippen molar-refractivity contribution in [3.8, 4) is 0 Å². The summed E-state index contributed by atoms with van der Waals surface area (Å²) >= 11 is 7.64. The fraction of sp³-hybridized carbons (Fsp3) is 0.200. The van der Waals surface area contributed by atoms with Crippen molar-refractivity contribution in [1.29, 1.82) is 0 Å². The number of hydrogen-bond acceptors (Lipinski definition) is 2. The average Bonchev–Trinajstić information content (AvgIpc) is 2.38. The van der Waals surface area contributed by atoms with Crippen molar-refractivity contribution in [2.24, 2.45) is 0 Å². The minimum absolute atomic E-state index is 0.335. The van der Waals surface area contributed by atoms with E-state index in [0.717, 1.165) is 15.5 Å². The molecule has 0 aliphatic carbocycles. The quantitative estimate of drug-likeness (QED) is 0.816. The molecule has 0 fully saturated rings. The van der Waals surface area contributed by atoms with Gasteiger partial charge in [0.15, 0.2) is 0 Å². The molecular weight excluding hydrogens is 283 g/mol. The summed E-state index contributed by atoms with van der Waals surface area (Å²) < 4.78 is 13.2. The molecule has 100 valence electrons. The molecule has 0 amide bonds. The van der Waals surface area contributed by atoms with Crippen LogP contribution in [0.25, 0.3) is 0 Å². The minimum Gasteiger partial charge on any atom is -0.389 e. The Labute approximate surface area is 121 Å². The normalized spacial score (nSPS) is 12.4. The monoisotopic (exact) mass is 296 g/mol. The van der Waals surface area contributed by atoms with E-state index in [2.05, 4.69) is 0 Å². The van der Waals surface area contributed by atoms with E-state index in [9.17, 15) is 9.50 Å². The Kier molecular flexibility index (Phi) is 4.86. The van der Waals surface area contributed by atoms with Crippen molar-refractivity contribution in [2.45, 2.75) is 23.7 Å². The molecule has 0 aromatic heterocycles. The summed E-state index contributed by atoms with van der Waals surface area (Å²) in [6, 6.07) is 12.1. The molecule has 0 bridgehead atoms. The summed E-state index contributed by atoms with van der Waals surface area (Å²) in [6.45, 7) is 1.63. The van der Waals surface area contributed by atoms with E-state index < -0.39 is 6.10 Å². The lowest BCUT2D eigenvalue weighted by Gasteiger charge is -2.12. The Bertz CT molecular complexity index is 572. The van der Waals surface area contributed by atoms with Gasteiger partial charge in [0.05, 0.1) is 6.10 Å². The van der Waals surface area contributed by atoms with Gasteiger partial charge in [-0.05, 0) is 42.3 Å². The Hall–Kier alpha value is -1.03. The molecule has 0 spiro atoms. The van der Waals surface area contributed by atoms with Gasteiger partial charge in [0.2, 0.25) is 0 Å². The number of benzene rings is 2. The van der Waals surface area contributed by atoms with E-state index in [1.54, 1.807) is 24.8 Å². The predicted molar refractivity (Wildman–Crippen MR) is 78.0 cm³/mol. The van der Waals surface area contributed by atoms with Crippen LogP contribution in [0.1, 0.15) is 24.2 Å². The van der Waals surface area contributed by atoms with Crippen LogP contribution in [0, 0.1) is 5.82 Å². The average molecular weight is 297 g/mol. The lowest BCUT2D eigenvalue weighted by molar-refractivity contribution is 0.196. The number of rotatable bonds is 4. The number of hydrogen-bond donors (Lipinski definition) is 1. The van der Waals surface area contributed by atoms with Gasteiger partial charge in [0, 0.05) is 15.7 Å². The molecule has 0 aliphatic heterocycles. The topological polar surface area (TPSA) is 20.2 Å². The fourth-order valence-electron chi connectivity index (χ4n) is 1.75. The standard InChI is InChI=1S/C15H14ClFOS/c1-10(18)13-8-12(17)6-7-15(13)19-9-11-4-2-3-5-14(11)16/h2-8,10,18H,9H2,1H3. The predicted octanol–water partition coefficient (Wildman–Crippen LogP) is 4.82. The van der Waals surface area contributed by atoms with Crippen molar-refractivity contribution in [2.75, 3.05) is 0 Å². The molecule has 0 saturated carbocycles. The SMILES string of the molecule is CC(O)c1cc(F)ccc1SCc1ccccc1Cl. The van der Waals surface area contributed by atoms with Crippen molar-refractivity contribution in [1.82, 2.24) is 0 Å². The van der Waals surface area contributed by atoms with Gasteiger partial charge in [-0.3, -0.25) is 0 Å². The zero-order chi connectivity index (χ0) is 13.8. The first-order valence-corrected chi connectivity index (χ1v) is 7.28. The van der Waals surface area contributed by atoms with E-state index in [1.807, 2.05) is 24.3 Å². The highest BCUT2D eigenvalue weighted by molar-refractivity contribution is 7.98. The molecule has 1 unspecified atom stereocenters. The third-order valence-corrected chi connectivity index (χ3v) is 4.27. The fourth-order valence-corrected chi connectivity index (χ4v) is 3.15. The van der Waals surface area contributed by atoms with E-state index in [1.165, 1.54) is 12.1 Å². The largest absolute Gasteiger partial charge is 0.389 e. The number of thioether (sulfide) groups is 1. The van der Waals surface area contributed by atoms with Crippen LogP contribution in [0.4, 0.5) is 4.39 Å². The minimum atomic E-state index is -0.690. The lowest BCUT2D eigenvalue weighted by atomic mass is 10.1. The maximum Gasteiger partial charge on any atom is 0.123 e. The summed E-state index contributed by atoms with van der Waals surface area (Å²) in [6.07, 6.45) is -0.690. The third kappa shape index (κ3) is 3.72. The second kappa shape index (κ2) is 6.42. The van der Waals surface area contributed by atoms with Gasteiger partial charge in [0.25, 0.3) is 0 Å². The van der Waals surface area contributed by atoms with Gasteiger partial charge in [-0.2, -0.15) is 0 Å². The van der Waals surface area contributed by atoms with E-state index in [4.69, 9.17) is 11.6 Å². The van der Waals surface area contributed by atoms with Gasteiger partial charge >= 0.3 is 0 Å². The zero-order valence-electron chi connectivity index (χ0n) is 10.4.